The zero-order valence-corrected chi connectivity index (χ0v) is 35.2. The van der Waals surface area contributed by atoms with E-state index >= 15 is 0 Å². The van der Waals surface area contributed by atoms with Crippen molar-refractivity contribution >= 4 is 19.2 Å². The van der Waals surface area contributed by atoms with Crippen molar-refractivity contribution in [2.75, 3.05) is 64.9 Å². The van der Waals surface area contributed by atoms with Crippen LogP contribution >= 0.6 is 19.2 Å². The van der Waals surface area contributed by atoms with Gasteiger partial charge in [-0.15, -0.1) is 11.6 Å². The molecule has 0 aromatic heterocycles. The standard InChI is InChI=1S/C42H86ClO6P/c1-3-5-7-9-11-13-15-17-19-21-23-25-27-29-34-45-36-31-38-48-50(44,42-41-47-40-33-43)49-39-32-37-46-35-30-28-26-24-22-20-18-16-14-12-10-8-6-4-2/h3-42H2,1-2H3. The van der Waals surface area contributed by atoms with Crippen molar-refractivity contribution in [3.63, 3.8) is 0 Å². The van der Waals surface area contributed by atoms with Crippen molar-refractivity contribution < 1.29 is 27.8 Å². The molecule has 6 nitrogen and oxygen atoms in total. The van der Waals surface area contributed by atoms with Crippen LogP contribution in [0.2, 0.25) is 0 Å². The molecule has 0 radical (unpaired) electrons. The summed E-state index contributed by atoms with van der Waals surface area (Å²) >= 11 is 5.71. The molecule has 0 aliphatic heterocycles. The fourth-order valence-electron chi connectivity index (χ4n) is 6.23. The predicted molar refractivity (Wildman–Crippen MR) is 217 cm³/mol. The Labute approximate surface area is 317 Å². The summed E-state index contributed by atoms with van der Waals surface area (Å²) in [6.07, 6.45) is 39.7. The molecule has 50 heavy (non-hydrogen) atoms. The molecule has 8 heteroatoms. The molecule has 0 saturated heterocycles. The molecule has 0 aliphatic carbocycles. The maximum absolute atomic E-state index is 13.3. The van der Waals surface area contributed by atoms with E-state index in [1.165, 1.54) is 167 Å². The van der Waals surface area contributed by atoms with Gasteiger partial charge >= 0.3 is 7.60 Å². The van der Waals surface area contributed by atoms with Crippen LogP contribution in [0.15, 0.2) is 0 Å². The first-order valence-electron chi connectivity index (χ1n) is 21.9. The minimum absolute atomic E-state index is 0.240. The average molecular weight is 754 g/mol. The predicted octanol–water partition coefficient (Wildman–Crippen LogP) is 14.2. The van der Waals surface area contributed by atoms with E-state index in [-0.39, 0.29) is 6.16 Å². The minimum Gasteiger partial charge on any atom is -0.381 e. The molecule has 0 fully saturated rings. The highest BCUT2D eigenvalue weighted by Crippen LogP contribution is 2.48. The Balaban J connectivity index is 3.69. The second-order valence-electron chi connectivity index (χ2n) is 14.4. The normalized spacial score (nSPS) is 12.0. The van der Waals surface area contributed by atoms with Crippen molar-refractivity contribution in [3.8, 4) is 0 Å². The van der Waals surface area contributed by atoms with Crippen LogP contribution in [0, 0.1) is 0 Å². The summed E-state index contributed by atoms with van der Waals surface area (Å²) in [5, 5.41) is 0. The Hall–Kier alpha value is 0.320. The zero-order chi connectivity index (χ0) is 36.3. The van der Waals surface area contributed by atoms with Gasteiger partial charge in [-0.1, -0.05) is 181 Å². The van der Waals surface area contributed by atoms with Crippen molar-refractivity contribution in [2.45, 2.75) is 206 Å². The monoisotopic (exact) mass is 753 g/mol. The first kappa shape index (κ1) is 50.3. The van der Waals surface area contributed by atoms with Gasteiger partial charge in [0.2, 0.25) is 0 Å². The van der Waals surface area contributed by atoms with Crippen molar-refractivity contribution in [1.82, 2.24) is 0 Å². The second-order valence-corrected chi connectivity index (χ2v) is 17.0. The average Bonchev–Trinajstić information content (AvgIpc) is 3.12. The smallest absolute Gasteiger partial charge is 0.332 e. The topological polar surface area (TPSA) is 63.2 Å². The van der Waals surface area contributed by atoms with E-state index < -0.39 is 7.60 Å². The Morgan fingerprint density at radius 1 is 0.340 bits per heavy atom. The number of unbranched alkanes of at least 4 members (excludes halogenated alkanes) is 26. The van der Waals surface area contributed by atoms with E-state index in [2.05, 4.69) is 13.8 Å². The van der Waals surface area contributed by atoms with E-state index in [4.69, 9.17) is 34.9 Å². The quantitative estimate of drug-likeness (QED) is 0.0351. The highest BCUT2D eigenvalue weighted by molar-refractivity contribution is 7.53. The fraction of sp³-hybridized carbons (Fsp3) is 1.00. The Kier molecular flexibility index (Phi) is 44.0. The van der Waals surface area contributed by atoms with Gasteiger partial charge in [0.1, 0.15) is 0 Å². The number of rotatable bonds is 45. The molecule has 0 aromatic carbocycles. The Morgan fingerprint density at radius 2 is 0.620 bits per heavy atom. The Bertz CT molecular complexity index is 624. The minimum atomic E-state index is -3.22. The van der Waals surface area contributed by atoms with Crippen LogP contribution in [-0.2, 0) is 27.8 Å². The summed E-state index contributed by atoms with van der Waals surface area (Å²) in [5.41, 5.74) is 0. The molecule has 0 atom stereocenters. The van der Waals surface area contributed by atoms with Crippen LogP contribution in [0.25, 0.3) is 0 Å². The van der Waals surface area contributed by atoms with Gasteiger partial charge in [0, 0.05) is 32.3 Å². The lowest BCUT2D eigenvalue weighted by molar-refractivity contribution is 0.100. The van der Waals surface area contributed by atoms with E-state index in [0.717, 1.165) is 26.1 Å². The van der Waals surface area contributed by atoms with Crippen LogP contribution in [0.4, 0.5) is 0 Å². The summed E-state index contributed by atoms with van der Waals surface area (Å²) in [6.45, 7) is 8.85. The third-order valence-electron chi connectivity index (χ3n) is 9.46. The first-order chi connectivity index (χ1) is 24.7. The number of hydrogen-bond donors (Lipinski definition) is 0. The molecule has 0 aliphatic rings. The number of alkyl halides is 1. The molecule has 302 valence electrons. The Morgan fingerprint density at radius 3 is 0.940 bits per heavy atom. The SMILES string of the molecule is CCCCCCCCCCCCCCCCOCCCOP(=O)(CCOCCCl)OCCCOCCCCCCCCCCCCCCCC. The van der Waals surface area contributed by atoms with Gasteiger partial charge < -0.3 is 23.3 Å². The van der Waals surface area contributed by atoms with Gasteiger partial charge in [0.15, 0.2) is 0 Å². The molecule has 0 spiro atoms. The summed E-state index contributed by atoms with van der Waals surface area (Å²) < 4.78 is 41.9. The molecule has 0 N–H and O–H groups in total. The molecule has 0 saturated carbocycles. The maximum Gasteiger partial charge on any atom is 0.332 e. The molecule has 0 unspecified atom stereocenters. The van der Waals surface area contributed by atoms with Gasteiger partial charge in [0.25, 0.3) is 0 Å². The molecular formula is C42H86ClO6P. The van der Waals surface area contributed by atoms with Crippen LogP contribution in [0.3, 0.4) is 0 Å². The van der Waals surface area contributed by atoms with E-state index in [9.17, 15) is 4.57 Å². The van der Waals surface area contributed by atoms with E-state index in [1.807, 2.05) is 0 Å². The largest absolute Gasteiger partial charge is 0.381 e. The van der Waals surface area contributed by atoms with Gasteiger partial charge in [-0.05, 0) is 25.7 Å². The number of ether oxygens (including phenoxy) is 3. The molecular weight excluding hydrogens is 667 g/mol. The third kappa shape index (κ3) is 41.1. The van der Waals surface area contributed by atoms with Gasteiger partial charge in [-0.25, -0.2) is 0 Å². The highest BCUT2D eigenvalue weighted by atomic mass is 35.5. The van der Waals surface area contributed by atoms with Crippen molar-refractivity contribution in [1.29, 1.82) is 0 Å². The maximum atomic E-state index is 13.3. The second kappa shape index (κ2) is 43.7. The first-order valence-corrected chi connectivity index (χ1v) is 24.1. The summed E-state index contributed by atoms with van der Waals surface area (Å²) in [6, 6.07) is 0. The lowest BCUT2D eigenvalue weighted by Crippen LogP contribution is -2.10. The van der Waals surface area contributed by atoms with Crippen LogP contribution in [0.5, 0.6) is 0 Å². The summed E-state index contributed by atoms with van der Waals surface area (Å²) in [5.74, 6) is 0.416. The van der Waals surface area contributed by atoms with E-state index in [0.29, 0.717) is 58.4 Å². The zero-order valence-electron chi connectivity index (χ0n) is 33.6. The van der Waals surface area contributed by atoms with Crippen molar-refractivity contribution in [3.05, 3.63) is 0 Å². The molecule has 0 rings (SSSR count). The molecule has 0 heterocycles. The van der Waals surface area contributed by atoms with Gasteiger partial charge in [-0.2, -0.15) is 0 Å². The van der Waals surface area contributed by atoms with Gasteiger partial charge in [-0.3, -0.25) is 4.57 Å². The molecule has 0 aromatic rings. The fourth-order valence-corrected chi connectivity index (χ4v) is 7.84. The molecule has 0 bridgehead atoms. The molecule has 0 amide bonds. The number of hydrogen-bond acceptors (Lipinski definition) is 6. The summed E-state index contributed by atoms with van der Waals surface area (Å²) in [7, 11) is -3.22. The number of halogens is 1. The highest BCUT2D eigenvalue weighted by Gasteiger charge is 2.24. The lowest BCUT2D eigenvalue weighted by Gasteiger charge is -2.19. The third-order valence-corrected chi connectivity index (χ3v) is 11.5. The summed E-state index contributed by atoms with van der Waals surface area (Å²) in [4.78, 5) is 0. The lowest BCUT2D eigenvalue weighted by atomic mass is 10.0. The van der Waals surface area contributed by atoms with Crippen molar-refractivity contribution in [2.24, 2.45) is 0 Å². The van der Waals surface area contributed by atoms with Crippen LogP contribution in [0.1, 0.15) is 206 Å². The van der Waals surface area contributed by atoms with Crippen LogP contribution < -0.4 is 0 Å². The van der Waals surface area contributed by atoms with E-state index in [1.54, 1.807) is 0 Å². The van der Waals surface area contributed by atoms with Crippen LogP contribution in [-0.4, -0.2) is 64.9 Å². The van der Waals surface area contributed by atoms with Gasteiger partial charge in [0.05, 0.1) is 32.6 Å².